The number of carbonyl (C=O) groups excluding carboxylic acids is 2. The molecular weight excluding hydrogens is 274 g/mol. The molecule has 0 aliphatic heterocycles. The molecule has 9 nitrogen and oxygen atoms in total. The van der Waals surface area contributed by atoms with Crippen LogP contribution in [-0.4, -0.2) is 46.2 Å². The lowest BCUT2D eigenvalue weighted by atomic mass is 9.94. The van der Waals surface area contributed by atoms with Gasteiger partial charge in [0.2, 0.25) is 11.8 Å². The molecule has 0 saturated heterocycles. The highest BCUT2D eigenvalue weighted by molar-refractivity contribution is 7.82. The number of hydrogen-bond donors (Lipinski definition) is 6. The van der Waals surface area contributed by atoms with E-state index in [1.54, 1.807) is 0 Å². The average molecular weight is 291 g/mol. The number of hydrogen-bond acceptors (Lipinski definition) is 5. The molecule has 0 saturated carbocycles. The summed E-state index contributed by atoms with van der Waals surface area (Å²) in [5.74, 6) is -3.27. The molecule has 19 heavy (non-hydrogen) atoms. The van der Waals surface area contributed by atoms with Gasteiger partial charge in [-0.2, -0.15) is 12.6 Å². The predicted octanol–water partition coefficient (Wildman–Crippen LogP) is -2.61. The van der Waals surface area contributed by atoms with Gasteiger partial charge in [0.15, 0.2) is 5.96 Å². The second-order valence-corrected chi connectivity index (χ2v) is 4.62. The number of thiol groups is 1. The van der Waals surface area contributed by atoms with Gasteiger partial charge < -0.3 is 27.6 Å². The van der Waals surface area contributed by atoms with E-state index in [1.807, 2.05) is 0 Å². The topological polar surface area (TPSA) is 174 Å². The summed E-state index contributed by atoms with van der Waals surface area (Å²) in [6, 6.07) is -1.49. The van der Waals surface area contributed by atoms with Gasteiger partial charge in [-0.15, -0.1) is 0 Å². The van der Waals surface area contributed by atoms with Gasteiger partial charge in [0, 0.05) is 13.5 Å². The minimum absolute atomic E-state index is 0.0818. The Morgan fingerprint density at radius 3 is 2.21 bits per heavy atom. The number of guanidine groups is 1. The van der Waals surface area contributed by atoms with Gasteiger partial charge in [0.25, 0.3) is 0 Å². The molecule has 0 radical (unpaired) electrons. The van der Waals surface area contributed by atoms with E-state index in [4.69, 9.17) is 17.2 Å². The van der Waals surface area contributed by atoms with Crippen LogP contribution in [0.25, 0.3) is 0 Å². The van der Waals surface area contributed by atoms with Crippen molar-refractivity contribution in [2.24, 2.45) is 22.2 Å². The normalized spacial score (nSPS) is 14.8. The van der Waals surface area contributed by atoms with Crippen molar-refractivity contribution in [3.8, 4) is 0 Å². The molecule has 0 aromatic heterocycles. The second kappa shape index (κ2) is 6.83. The number of carboxylic acid groups (broad SMARTS) is 1. The number of carboxylic acids is 1. The molecule has 0 fully saturated rings. The molecule has 0 spiro atoms. The van der Waals surface area contributed by atoms with Crippen LogP contribution in [0.15, 0.2) is 4.99 Å². The van der Waals surface area contributed by atoms with Crippen LogP contribution in [0.4, 0.5) is 0 Å². The van der Waals surface area contributed by atoms with Crippen molar-refractivity contribution >= 4 is 36.4 Å². The van der Waals surface area contributed by atoms with E-state index < -0.39 is 28.6 Å². The van der Waals surface area contributed by atoms with Crippen LogP contribution in [0.2, 0.25) is 0 Å². The van der Waals surface area contributed by atoms with Crippen molar-refractivity contribution in [2.45, 2.75) is 24.1 Å². The molecule has 0 aliphatic rings. The number of rotatable bonds is 7. The minimum atomic E-state index is -1.91. The summed E-state index contributed by atoms with van der Waals surface area (Å²) < 4.78 is -1.91. The molecule has 0 heterocycles. The number of nitrogens with zero attached hydrogens (tertiary/aromatic N) is 1. The van der Waals surface area contributed by atoms with Crippen LogP contribution in [0.5, 0.6) is 0 Å². The first-order valence-electron chi connectivity index (χ1n) is 5.19. The Kier molecular flexibility index (Phi) is 6.12. The molecule has 0 aromatic rings. The van der Waals surface area contributed by atoms with E-state index in [2.05, 4.69) is 22.9 Å². The van der Waals surface area contributed by atoms with Crippen molar-refractivity contribution in [2.75, 3.05) is 6.54 Å². The zero-order chi connectivity index (χ0) is 15.2. The number of aliphatic imine (C=N–C) groups is 1. The first-order valence-corrected chi connectivity index (χ1v) is 5.63. The Morgan fingerprint density at radius 2 is 1.89 bits per heavy atom. The summed E-state index contributed by atoms with van der Waals surface area (Å²) in [6.07, 6.45) is -0.197. The van der Waals surface area contributed by atoms with Crippen molar-refractivity contribution in [3.63, 3.8) is 0 Å². The van der Waals surface area contributed by atoms with Crippen molar-refractivity contribution < 1.29 is 19.5 Å². The average Bonchev–Trinajstić information content (AvgIpc) is 2.24. The highest BCUT2D eigenvalue weighted by Crippen LogP contribution is 2.25. The van der Waals surface area contributed by atoms with E-state index in [9.17, 15) is 19.5 Å². The third-order valence-electron chi connectivity index (χ3n) is 2.27. The van der Waals surface area contributed by atoms with Crippen LogP contribution in [0, 0.1) is 0 Å². The summed E-state index contributed by atoms with van der Waals surface area (Å²) in [5, 5.41) is 11.3. The van der Waals surface area contributed by atoms with Crippen LogP contribution in [0.1, 0.15) is 13.3 Å². The Morgan fingerprint density at radius 1 is 1.37 bits per heavy atom. The number of amides is 2. The Bertz CT molecular complexity index is 409. The largest absolute Gasteiger partial charge is 0.480 e. The van der Waals surface area contributed by atoms with E-state index in [0.717, 1.165) is 6.92 Å². The molecule has 2 unspecified atom stereocenters. The molecule has 8 N–H and O–H groups in total. The van der Waals surface area contributed by atoms with Gasteiger partial charge in [-0.05, 0) is 6.42 Å². The summed E-state index contributed by atoms with van der Waals surface area (Å²) in [5.41, 5.74) is 15.3. The molecule has 2 atom stereocenters. The smallest absolute Gasteiger partial charge is 0.322 e. The number of aliphatic carboxylic acids is 1. The summed E-state index contributed by atoms with van der Waals surface area (Å²) >= 11 is 3.96. The fraction of sp³-hybridized carbons (Fsp3) is 0.556. The van der Waals surface area contributed by atoms with Gasteiger partial charge in [0.05, 0.1) is 0 Å². The number of primary amides is 1. The van der Waals surface area contributed by atoms with Crippen molar-refractivity contribution in [1.82, 2.24) is 5.32 Å². The predicted molar refractivity (Wildman–Crippen MR) is 71.4 cm³/mol. The third kappa shape index (κ3) is 5.04. The van der Waals surface area contributed by atoms with Crippen LogP contribution < -0.4 is 22.5 Å². The molecular formula is C9H17N5O4S. The second-order valence-electron chi connectivity index (χ2n) is 3.82. The minimum Gasteiger partial charge on any atom is -0.480 e. The zero-order valence-corrected chi connectivity index (χ0v) is 11.2. The highest BCUT2D eigenvalue weighted by atomic mass is 32.1. The molecule has 0 aromatic carbocycles. The number of carbonyl (C=O) groups is 3. The number of nitrogens with two attached hydrogens (primary N) is 3. The lowest BCUT2D eigenvalue weighted by Gasteiger charge is -2.30. The fourth-order valence-electron chi connectivity index (χ4n) is 1.36. The lowest BCUT2D eigenvalue weighted by molar-refractivity contribution is -0.143. The van der Waals surface area contributed by atoms with E-state index >= 15 is 0 Å². The molecule has 0 bridgehead atoms. The SMILES string of the molecule is CC(=O)NC(C(N)=O)C(S)(CCN=C(N)N)C(=O)O. The van der Waals surface area contributed by atoms with E-state index in [-0.39, 0.29) is 18.9 Å². The molecule has 0 aliphatic carbocycles. The van der Waals surface area contributed by atoms with Gasteiger partial charge in [-0.25, -0.2) is 0 Å². The van der Waals surface area contributed by atoms with Crippen LogP contribution in [0.3, 0.4) is 0 Å². The maximum absolute atomic E-state index is 11.3. The first-order chi connectivity index (χ1) is 8.61. The lowest BCUT2D eigenvalue weighted by Crippen LogP contribution is -2.60. The van der Waals surface area contributed by atoms with E-state index in [1.165, 1.54) is 0 Å². The van der Waals surface area contributed by atoms with Crippen LogP contribution in [-0.2, 0) is 14.4 Å². The Labute approximate surface area is 115 Å². The summed E-state index contributed by atoms with van der Waals surface area (Å²) in [6.45, 7) is 1.05. The van der Waals surface area contributed by atoms with Crippen molar-refractivity contribution in [1.29, 1.82) is 0 Å². The molecule has 0 rings (SSSR count). The van der Waals surface area contributed by atoms with Gasteiger partial charge >= 0.3 is 5.97 Å². The third-order valence-corrected chi connectivity index (χ3v) is 2.94. The standard InChI is InChI=1S/C9H17N5O4S/c1-4(15)14-5(6(10)16)9(19,7(17)18)2-3-13-8(11)12/h5,19H,2-3H2,1H3,(H2,10,16)(H,14,15)(H,17,18)(H4,11,12,13). The van der Waals surface area contributed by atoms with Gasteiger partial charge in [-0.1, -0.05) is 0 Å². The van der Waals surface area contributed by atoms with Gasteiger partial charge in [0.1, 0.15) is 10.8 Å². The summed E-state index contributed by atoms with van der Waals surface area (Å²) in [7, 11) is 0. The van der Waals surface area contributed by atoms with Gasteiger partial charge in [-0.3, -0.25) is 19.4 Å². The maximum Gasteiger partial charge on any atom is 0.322 e. The van der Waals surface area contributed by atoms with Crippen LogP contribution >= 0.6 is 12.6 Å². The van der Waals surface area contributed by atoms with Crippen molar-refractivity contribution in [3.05, 3.63) is 0 Å². The fourth-order valence-corrected chi connectivity index (χ4v) is 1.65. The van der Waals surface area contributed by atoms with E-state index in [0.29, 0.717) is 0 Å². The zero-order valence-electron chi connectivity index (χ0n) is 10.3. The molecule has 108 valence electrons. The molecule has 2 amide bonds. The first kappa shape index (κ1) is 17.0. The maximum atomic E-state index is 11.3. The quantitative estimate of drug-likeness (QED) is 0.170. The summed E-state index contributed by atoms with van der Waals surface area (Å²) in [4.78, 5) is 37.2. The Balaban J connectivity index is 5.21. The Hall–Kier alpha value is -1.97. The highest BCUT2D eigenvalue weighted by Gasteiger charge is 2.46. The molecule has 10 heteroatoms. The monoisotopic (exact) mass is 291 g/mol. The number of nitrogens with one attached hydrogen (secondary N) is 1.